The van der Waals surface area contributed by atoms with Crippen LogP contribution in [0.2, 0.25) is 0 Å². The lowest BCUT2D eigenvalue weighted by molar-refractivity contribution is 0.412. The molecular weight excluding hydrogens is 264 g/mol. The number of pyridine rings is 1. The first-order chi connectivity index (χ1) is 10.3. The van der Waals surface area contributed by atoms with Gasteiger partial charge in [-0.05, 0) is 30.3 Å². The number of nitrogens with zero attached hydrogens (tertiary/aromatic N) is 2. The van der Waals surface area contributed by atoms with E-state index in [-0.39, 0.29) is 5.75 Å². The summed E-state index contributed by atoms with van der Waals surface area (Å²) in [5.74, 6) is 0.832. The maximum atomic E-state index is 9.86. The fourth-order valence-electron chi connectivity index (χ4n) is 2.09. The molecular formula is C17H14N2O2. The summed E-state index contributed by atoms with van der Waals surface area (Å²) in [6, 6.07) is 14.7. The lowest BCUT2D eigenvalue weighted by atomic mass is 10.2. The highest BCUT2D eigenvalue weighted by Crippen LogP contribution is 2.25. The number of rotatable bonds is 3. The third-order valence-electron chi connectivity index (χ3n) is 3.19. The fraction of sp³-hybridized carbons (Fsp3) is 0.0588. The highest BCUT2D eigenvalue weighted by molar-refractivity contribution is 5.93. The topological polar surface area (TPSA) is 54.7 Å². The molecule has 3 aromatic rings. The maximum absolute atomic E-state index is 9.86. The van der Waals surface area contributed by atoms with E-state index in [1.54, 1.807) is 37.7 Å². The SMILES string of the molecule is COc1ccc(O)c(C=Nc2cccc3cccnc23)c1. The molecule has 4 nitrogen and oxygen atoms in total. The Morgan fingerprint density at radius 3 is 2.86 bits per heavy atom. The van der Waals surface area contributed by atoms with Gasteiger partial charge in [-0.2, -0.15) is 0 Å². The molecule has 0 saturated carbocycles. The minimum Gasteiger partial charge on any atom is -0.507 e. The van der Waals surface area contributed by atoms with Gasteiger partial charge in [-0.15, -0.1) is 0 Å². The molecule has 0 amide bonds. The first-order valence-corrected chi connectivity index (χ1v) is 6.53. The van der Waals surface area contributed by atoms with Crippen LogP contribution in [0, 0.1) is 0 Å². The van der Waals surface area contributed by atoms with Crippen molar-refractivity contribution < 1.29 is 9.84 Å². The van der Waals surface area contributed by atoms with E-state index in [0.29, 0.717) is 11.3 Å². The zero-order valence-electron chi connectivity index (χ0n) is 11.5. The molecule has 0 aliphatic rings. The van der Waals surface area contributed by atoms with Gasteiger partial charge in [0.15, 0.2) is 0 Å². The predicted molar refractivity (Wildman–Crippen MR) is 83.7 cm³/mol. The second-order valence-corrected chi connectivity index (χ2v) is 4.54. The monoisotopic (exact) mass is 278 g/mol. The first-order valence-electron chi connectivity index (χ1n) is 6.53. The highest BCUT2D eigenvalue weighted by Gasteiger charge is 2.02. The lowest BCUT2D eigenvalue weighted by Crippen LogP contribution is -1.87. The van der Waals surface area contributed by atoms with Gasteiger partial charge in [0, 0.05) is 23.4 Å². The van der Waals surface area contributed by atoms with Gasteiger partial charge < -0.3 is 9.84 Å². The molecule has 0 atom stereocenters. The molecule has 3 rings (SSSR count). The van der Waals surface area contributed by atoms with Crippen LogP contribution in [-0.2, 0) is 0 Å². The van der Waals surface area contributed by atoms with Crippen LogP contribution in [-0.4, -0.2) is 23.4 Å². The van der Waals surface area contributed by atoms with Gasteiger partial charge in [-0.25, -0.2) is 0 Å². The van der Waals surface area contributed by atoms with Crippen LogP contribution in [0.1, 0.15) is 5.56 Å². The zero-order chi connectivity index (χ0) is 14.7. The molecule has 1 heterocycles. The number of aromatic nitrogens is 1. The van der Waals surface area contributed by atoms with Gasteiger partial charge in [-0.1, -0.05) is 18.2 Å². The van der Waals surface area contributed by atoms with Crippen LogP contribution in [0.15, 0.2) is 59.7 Å². The number of ether oxygens (including phenoxy) is 1. The Kier molecular flexibility index (Phi) is 3.51. The number of methoxy groups -OCH3 is 1. The van der Waals surface area contributed by atoms with Crippen molar-refractivity contribution in [2.45, 2.75) is 0 Å². The van der Waals surface area contributed by atoms with Gasteiger partial charge in [0.05, 0.1) is 18.3 Å². The average molecular weight is 278 g/mol. The van der Waals surface area contributed by atoms with Gasteiger partial charge in [0.1, 0.15) is 11.5 Å². The van der Waals surface area contributed by atoms with E-state index in [1.165, 1.54) is 0 Å². The number of hydrogen-bond donors (Lipinski definition) is 1. The van der Waals surface area contributed by atoms with Crippen molar-refractivity contribution in [2.75, 3.05) is 7.11 Å². The summed E-state index contributed by atoms with van der Waals surface area (Å²) in [6.07, 6.45) is 3.35. The normalized spacial score (nSPS) is 11.1. The van der Waals surface area contributed by atoms with Crippen molar-refractivity contribution in [2.24, 2.45) is 4.99 Å². The summed E-state index contributed by atoms with van der Waals surface area (Å²) in [5, 5.41) is 10.9. The first kappa shape index (κ1) is 13.1. The minimum absolute atomic E-state index is 0.160. The van der Waals surface area contributed by atoms with Crippen LogP contribution in [0.25, 0.3) is 10.9 Å². The van der Waals surface area contributed by atoms with Crippen LogP contribution in [0.5, 0.6) is 11.5 Å². The van der Waals surface area contributed by atoms with Crippen LogP contribution in [0.3, 0.4) is 0 Å². The zero-order valence-corrected chi connectivity index (χ0v) is 11.5. The standard InChI is InChI=1S/C17H14N2O2/c1-21-14-7-8-16(20)13(10-14)11-19-15-6-2-4-12-5-3-9-18-17(12)15/h2-11,20H,1H3. The second kappa shape index (κ2) is 5.63. The minimum atomic E-state index is 0.160. The van der Waals surface area contributed by atoms with Crippen molar-refractivity contribution >= 4 is 22.8 Å². The van der Waals surface area contributed by atoms with E-state index in [0.717, 1.165) is 16.6 Å². The van der Waals surface area contributed by atoms with E-state index in [1.807, 2.05) is 30.3 Å². The number of phenols is 1. The Morgan fingerprint density at radius 2 is 2.00 bits per heavy atom. The smallest absolute Gasteiger partial charge is 0.124 e. The third-order valence-corrected chi connectivity index (χ3v) is 3.19. The molecule has 1 N–H and O–H groups in total. The van der Waals surface area contributed by atoms with E-state index in [4.69, 9.17) is 4.74 Å². The molecule has 104 valence electrons. The number of benzene rings is 2. The number of hydrogen-bond acceptors (Lipinski definition) is 4. The molecule has 0 radical (unpaired) electrons. The molecule has 0 aliphatic carbocycles. The molecule has 0 saturated heterocycles. The van der Waals surface area contributed by atoms with Gasteiger partial charge >= 0.3 is 0 Å². The Balaban J connectivity index is 2.02. The average Bonchev–Trinajstić information content (AvgIpc) is 2.54. The molecule has 1 aromatic heterocycles. The second-order valence-electron chi connectivity index (χ2n) is 4.54. The largest absolute Gasteiger partial charge is 0.507 e. The van der Waals surface area contributed by atoms with E-state index < -0.39 is 0 Å². The maximum Gasteiger partial charge on any atom is 0.124 e. The summed E-state index contributed by atoms with van der Waals surface area (Å²) in [6.45, 7) is 0. The fourth-order valence-corrected chi connectivity index (χ4v) is 2.09. The van der Waals surface area contributed by atoms with Crippen LogP contribution in [0.4, 0.5) is 5.69 Å². The number of aliphatic imine (C=N–C) groups is 1. The summed E-state index contributed by atoms with van der Waals surface area (Å²) in [5.41, 5.74) is 2.19. The molecule has 0 unspecified atom stereocenters. The molecule has 0 bridgehead atoms. The number of fused-ring (bicyclic) bond motifs is 1. The summed E-state index contributed by atoms with van der Waals surface area (Å²) >= 11 is 0. The van der Waals surface area contributed by atoms with Crippen molar-refractivity contribution in [3.8, 4) is 11.5 Å². The Bertz CT molecular complexity index is 807. The third kappa shape index (κ3) is 2.69. The molecule has 4 heteroatoms. The van der Waals surface area contributed by atoms with Crippen LogP contribution < -0.4 is 4.74 Å². The Labute approximate surface area is 122 Å². The molecule has 21 heavy (non-hydrogen) atoms. The summed E-state index contributed by atoms with van der Waals surface area (Å²) in [4.78, 5) is 8.79. The molecule has 2 aromatic carbocycles. The van der Waals surface area contributed by atoms with E-state index >= 15 is 0 Å². The van der Waals surface area contributed by atoms with Crippen molar-refractivity contribution in [3.05, 3.63) is 60.3 Å². The Morgan fingerprint density at radius 1 is 1.14 bits per heavy atom. The van der Waals surface area contributed by atoms with Crippen molar-refractivity contribution in [3.63, 3.8) is 0 Å². The molecule has 0 aliphatic heterocycles. The molecule has 0 fully saturated rings. The predicted octanol–water partition coefficient (Wildman–Crippen LogP) is 3.70. The summed E-state index contributed by atoms with van der Waals surface area (Å²) in [7, 11) is 1.59. The van der Waals surface area contributed by atoms with E-state index in [2.05, 4.69) is 9.98 Å². The number of phenolic OH excluding ortho intramolecular Hbond substituents is 1. The van der Waals surface area contributed by atoms with E-state index in [9.17, 15) is 5.11 Å². The van der Waals surface area contributed by atoms with Gasteiger partial charge in [0.25, 0.3) is 0 Å². The highest BCUT2D eigenvalue weighted by atomic mass is 16.5. The van der Waals surface area contributed by atoms with Crippen molar-refractivity contribution in [1.82, 2.24) is 4.98 Å². The lowest BCUT2D eigenvalue weighted by Gasteiger charge is -2.03. The number of aromatic hydroxyl groups is 1. The quantitative estimate of drug-likeness (QED) is 0.743. The molecule has 0 spiro atoms. The van der Waals surface area contributed by atoms with Gasteiger partial charge in [0.2, 0.25) is 0 Å². The Hall–Kier alpha value is -2.88. The van der Waals surface area contributed by atoms with Crippen LogP contribution >= 0.6 is 0 Å². The number of para-hydroxylation sites is 1. The summed E-state index contributed by atoms with van der Waals surface area (Å²) < 4.78 is 5.15. The van der Waals surface area contributed by atoms with Crippen molar-refractivity contribution in [1.29, 1.82) is 0 Å². The van der Waals surface area contributed by atoms with Gasteiger partial charge in [-0.3, -0.25) is 9.98 Å².